The zero-order chi connectivity index (χ0) is 14.3. The maximum absolute atomic E-state index is 12.4. The second-order valence-corrected chi connectivity index (χ2v) is 7.86. The molecule has 1 amide bonds. The number of amides is 1. The van der Waals surface area contributed by atoms with Gasteiger partial charge in [0.05, 0.1) is 0 Å². The predicted octanol–water partition coefficient (Wildman–Crippen LogP) is 2.69. The maximum Gasteiger partial charge on any atom is 0.224 e. The molecule has 2 fully saturated rings. The number of nitrogens with two attached hydrogens (primary N) is 1. The molecular formula is C16H30N2O. The Hall–Kier alpha value is -0.570. The predicted molar refractivity (Wildman–Crippen MR) is 78.6 cm³/mol. The van der Waals surface area contributed by atoms with Gasteiger partial charge in [-0.1, -0.05) is 47.0 Å². The Morgan fingerprint density at radius 3 is 2.05 bits per heavy atom. The number of nitrogens with one attached hydrogen (secondary N) is 1. The van der Waals surface area contributed by atoms with E-state index in [1.807, 2.05) is 0 Å². The molecule has 0 unspecified atom stereocenters. The molecule has 0 heterocycles. The lowest BCUT2D eigenvalue weighted by molar-refractivity contribution is -0.124. The van der Waals surface area contributed by atoms with E-state index in [1.54, 1.807) is 0 Å². The largest absolute Gasteiger partial charge is 0.355 e. The van der Waals surface area contributed by atoms with Gasteiger partial charge in [0.15, 0.2) is 0 Å². The van der Waals surface area contributed by atoms with Gasteiger partial charge in [0, 0.05) is 12.5 Å². The lowest BCUT2D eigenvalue weighted by Crippen LogP contribution is -2.44. The molecule has 0 aliphatic heterocycles. The SMILES string of the molecule is CC1(C)C(C(=O)NCC2(CN)CCCCC2)C1(C)C. The molecule has 0 spiro atoms. The molecule has 0 atom stereocenters. The van der Waals surface area contributed by atoms with E-state index in [0.29, 0.717) is 6.54 Å². The summed E-state index contributed by atoms with van der Waals surface area (Å²) < 4.78 is 0. The van der Waals surface area contributed by atoms with Crippen molar-refractivity contribution in [3.05, 3.63) is 0 Å². The molecule has 110 valence electrons. The second kappa shape index (κ2) is 4.76. The van der Waals surface area contributed by atoms with E-state index in [4.69, 9.17) is 5.73 Å². The van der Waals surface area contributed by atoms with Crippen molar-refractivity contribution in [1.29, 1.82) is 0 Å². The van der Waals surface area contributed by atoms with Crippen LogP contribution in [0, 0.1) is 22.2 Å². The van der Waals surface area contributed by atoms with Crippen LogP contribution >= 0.6 is 0 Å². The number of hydrogen-bond donors (Lipinski definition) is 2. The zero-order valence-electron chi connectivity index (χ0n) is 13.0. The van der Waals surface area contributed by atoms with Crippen LogP contribution in [-0.4, -0.2) is 19.0 Å². The summed E-state index contributed by atoms with van der Waals surface area (Å²) in [5.41, 5.74) is 6.38. The highest BCUT2D eigenvalue weighted by Gasteiger charge is 2.68. The highest BCUT2D eigenvalue weighted by molar-refractivity contribution is 5.84. The molecule has 0 aromatic rings. The Labute approximate surface area is 117 Å². The summed E-state index contributed by atoms with van der Waals surface area (Å²) in [6.07, 6.45) is 6.17. The summed E-state index contributed by atoms with van der Waals surface area (Å²) in [6, 6.07) is 0. The standard InChI is InChI=1S/C16H30N2O/c1-14(2)12(15(14,3)4)13(19)18-11-16(10-17)8-6-5-7-9-16/h12H,5-11,17H2,1-4H3,(H,18,19). The van der Waals surface area contributed by atoms with Crippen LogP contribution in [0.4, 0.5) is 0 Å². The molecule has 2 aliphatic carbocycles. The third kappa shape index (κ3) is 2.42. The molecule has 0 aromatic heterocycles. The van der Waals surface area contributed by atoms with Gasteiger partial charge in [0.2, 0.25) is 5.91 Å². The molecule has 2 rings (SSSR count). The first-order valence-corrected chi connectivity index (χ1v) is 7.75. The third-order valence-electron chi connectivity index (χ3n) is 6.27. The molecule has 2 saturated carbocycles. The topological polar surface area (TPSA) is 55.1 Å². The van der Waals surface area contributed by atoms with Gasteiger partial charge in [-0.2, -0.15) is 0 Å². The van der Waals surface area contributed by atoms with Crippen LogP contribution < -0.4 is 11.1 Å². The summed E-state index contributed by atoms with van der Waals surface area (Å²) in [4.78, 5) is 12.4. The van der Waals surface area contributed by atoms with Gasteiger partial charge in [-0.25, -0.2) is 0 Å². The van der Waals surface area contributed by atoms with Crippen LogP contribution in [0.3, 0.4) is 0 Å². The number of hydrogen-bond acceptors (Lipinski definition) is 2. The molecule has 19 heavy (non-hydrogen) atoms. The monoisotopic (exact) mass is 266 g/mol. The van der Waals surface area contributed by atoms with Crippen molar-refractivity contribution in [3.8, 4) is 0 Å². The molecule has 2 aliphatic rings. The minimum atomic E-state index is 0.125. The fourth-order valence-electron chi connectivity index (χ4n) is 3.98. The molecule has 0 aromatic carbocycles. The minimum Gasteiger partial charge on any atom is -0.355 e. The fourth-order valence-corrected chi connectivity index (χ4v) is 3.98. The van der Waals surface area contributed by atoms with Crippen LogP contribution in [0.1, 0.15) is 59.8 Å². The number of carbonyl (C=O) groups is 1. The molecule has 0 saturated heterocycles. The lowest BCUT2D eigenvalue weighted by Gasteiger charge is -2.36. The van der Waals surface area contributed by atoms with Crippen LogP contribution in [0.2, 0.25) is 0 Å². The van der Waals surface area contributed by atoms with E-state index >= 15 is 0 Å². The Kier molecular flexibility index (Phi) is 3.72. The van der Waals surface area contributed by atoms with Crippen molar-refractivity contribution in [2.24, 2.45) is 27.9 Å². The maximum atomic E-state index is 12.4. The Balaban J connectivity index is 1.90. The zero-order valence-corrected chi connectivity index (χ0v) is 13.0. The van der Waals surface area contributed by atoms with E-state index in [2.05, 4.69) is 33.0 Å². The van der Waals surface area contributed by atoms with Gasteiger partial charge in [-0.05, 0) is 35.6 Å². The first kappa shape index (κ1) is 14.8. The van der Waals surface area contributed by atoms with Gasteiger partial charge >= 0.3 is 0 Å². The first-order valence-electron chi connectivity index (χ1n) is 7.75. The van der Waals surface area contributed by atoms with Crippen molar-refractivity contribution in [3.63, 3.8) is 0 Å². The van der Waals surface area contributed by atoms with Gasteiger partial charge in [0.1, 0.15) is 0 Å². The van der Waals surface area contributed by atoms with E-state index in [-0.39, 0.29) is 28.1 Å². The van der Waals surface area contributed by atoms with Gasteiger partial charge < -0.3 is 11.1 Å². The van der Waals surface area contributed by atoms with Gasteiger partial charge in [-0.3, -0.25) is 4.79 Å². The Morgan fingerprint density at radius 2 is 1.63 bits per heavy atom. The highest BCUT2D eigenvalue weighted by atomic mass is 16.2. The molecule has 3 nitrogen and oxygen atoms in total. The number of carbonyl (C=O) groups excluding carboxylic acids is 1. The average Bonchev–Trinajstić information content (AvgIpc) is 2.78. The van der Waals surface area contributed by atoms with Crippen LogP contribution in [0.5, 0.6) is 0 Å². The minimum absolute atomic E-state index is 0.125. The smallest absolute Gasteiger partial charge is 0.224 e. The quantitative estimate of drug-likeness (QED) is 0.822. The first-order chi connectivity index (χ1) is 8.77. The summed E-state index contributed by atoms with van der Waals surface area (Å²) in [7, 11) is 0. The molecule has 0 bridgehead atoms. The molecular weight excluding hydrogens is 236 g/mol. The Morgan fingerprint density at radius 1 is 1.11 bits per heavy atom. The van der Waals surface area contributed by atoms with E-state index < -0.39 is 0 Å². The van der Waals surface area contributed by atoms with Gasteiger partial charge in [-0.15, -0.1) is 0 Å². The summed E-state index contributed by atoms with van der Waals surface area (Å²) in [5, 5.41) is 3.20. The van der Waals surface area contributed by atoms with E-state index in [1.165, 1.54) is 32.1 Å². The third-order valence-corrected chi connectivity index (χ3v) is 6.27. The molecule has 0 radical (unpaired) electrons. The van der Waals surface area contributed by atoms with Crippen LogP contribution in [0.15, 0.2) is 0 Å². The lowest BCUT2D eigenvalue weighted by atomic mass is 9.74. The van der Waals surface area contributed by atoms with Crippen molar-refractivity contribution >= 4 is 5.91 Å². The van der Waals surface area contributed by atoms with Crippen molar-refractivity contribution in [2.45, 2.75) is 59.8 Å². The van der Waals surface area contributed by atoms with Crippen molar-refractivity contribution in [2.75, 3.05) is 13.1 Å². The Bertz CT molecular complexity index is 340. The fraction of sp³-hybridized carbons (Fsp3) is 0.938. The molecule has 3 N–H and O–H groups in total. The average molecular weight is 266 g/mol. The number of rotatable bonds is 4. The van der Waals surface area contributed by atoms with Crippen LogP contribution in [0.25, 0.3) is 0 Å². The molecule has 3 heteroatoms. The van der Waals surface area contributed by atoms with E-state index in [0.717, 1.165) is 6.54 Å². The summed E-state index contributed by atoms with van der Waals surface area (Å²) in [6.45, 7) is 10.2. The van der Waals surface area contributed by atoms with Crippen LogP contribution in [-0.2, 0) is 4.79 Å². The van der Waals surface area contributed by atoms with Crippen molar-refractivity contribution < 1.29 is 4.79 Å². The van der Waals surface area contributed by atoms with Gasteiger partial charge in [0.25, 0.3) is 0 Å². The highest BCUT2D eigenvalue weighted by Crippen LogP contribution is 2.68. The normalized spacial score (nSPS) is 27.8. The van der Waals surface area contributed by atoms with Crippen molar-refractivity contribution in [1.82, 2.24) is 5.32 Å². The second-order valence-electron chi connectivity index (χ2n) is 7.86. The van der Waals surface area contributed by atoms with E-state index in [9.17, 15) is 4.79 Å². The summed E-state index contributed by atoms with van der Waals surface area (Å²) in [5.74, 6) is 0.381. The summed E-state index contributed by atoms with van der Waals surface area (Å²) >= 11 is 0.